The van der Waals surface area contributed by atoms with E-state index in [1.165, 1.54) is 0 Å². The van der Waals surface area contributed by atoms with Crippen LogP contribution in [0.5, 0.6) is 0 Å². The number of hydrogen-bond acceptors (Lipinski definition) is 2. The van der Waals surface area contributed by atoms with Gasteiger partial charge >= 0.3 is 0 Å². The molecule has 0 spiro atoms. The van der Waals surface area contributed by atoms with E-state index >= 15 is 0 Å². The molecule has 0 radical (unpaired) electrons. The van der Waals surface area contributed by atoms with Crippen molar-refractivity contribution in [3.8, 4) is 0 Å². The molecule has 3 aromatic heterocycles. The van der Waals surface area contributed by atoms with Gasteiger partial charge in [-0.05, 0) is 72.3 Å². The van der Waals surface area contributed by atoms with Gasteiger partial charge in [0.15, 0.2) is 0 Å². The minimum absolute atomic E-state index is 0.418. The number of H-pyrrole nitrogens is 2. The van der Waals surface area contributed by atoms with Crippen LogP contribution >= 0.6 is 0 Å². The number of nitrogens with one attached hydrogen (secondary N) is 2. The maximum atomic E-state index is 8.46. The maximum Gasteiger partial charge on any atom is 0.0659 e. The van der Waals surface area contributed by atoms with Crippen LogP contribution in [0.3, 0.4) is 0 Å². The molecule has 0 amide bonds. The molecule has 0 saturated carbocycles. The average molecular weight is 337 g/mol. The molecule has 0 aliphatic carbocycles. The van der Waals surface area contributed by atoms with Gasteiger partial charge in [-0.3, -0.25) is 0 Å². The zero-order valence-electron chi connectivity index (χ0n) is 15.0. The highest BCUT2D eigenvalue weighted by molar-refractivity contribution is 5.81. The highest BCUT2D eigenvalue weighted by atomic mass is 14.8. The summed E-state index contributed by atoms with van der Waals surface area (Å²) in [5, 5.41) is 0. The van der Waals surface area contributed by atoms with Gasteiger partial charge in [0.1, 0.15) is 0 Å². The summed E-state index contributed by atoms with van der Waals surface area (Å²) < 4.78 is 8.46. The van der Waals surface area contributed by atoms with E-state index in [1.807, 2.05) is 60.7 Å². The van der Waals surface area contributed by atoms with Crippen LogP contribution in [0.25, 0.3) is 52.4 Å². The highest BCUT2D eigenvalue weighted by Crippen LogP contribution is 2.19. The van der Waals surface area contributed by atoms with E-state index in [-0.39, 0.29) is 0 Å². The first-order valence-electron chi connectivity index (χ1n) is 8.88. The highest BCUT2D eigenvalue weighted by Gasteiger charge is 2.03. The molecule has 4 heteroatoms. The number of fused-ring (bicyclic) bond motifs is 8. The van der Waals surface area contributed by atoms with Crippen LogP contribution in [0.15, 0.2) is 49.0 Å². The van der Waals surface area contributed by atoms with Crippen molar-refractivity contribution in [2.45, 2.75) is 0 Å². The van der Waals surface area contributed by atoms with Crippen molar-refractivity contribution >= 4 is 52.4 Å². The van der Waals surface area contributed by atoms with Crippen molar-refractivity contribution < 1.29 is 1.37 Å². The van der Waals surface area contributed by atoms with E-state index in [0.717, 1.165) is 50.4 Å². The Hall–Kier alpha value is -3.66. The molecule has 0 unspecified atom stereocenters. The number of nitrogens with zero attached hydrogens (tertiary/aromatic N) is 2. The Bertz CT molecular complexity index is 1300. The molecular formula is C22H16N4. The van der Waals surface area contributed by atoms with Gasteiger partial charge in [-0.25, -0.2) is 9.97 Å². The van der Waals surface area contributed by atoms with Gasteiger partial charge in [0.2, 0.25) is 0 Å². The second-order valence-corrected chi connectivity index (χ2v) is 6.23. The molecule has 26 heavy (non-hydrogen) atoms. The third kappa shape index (κ3) is 2.67. The van der Waals surface area contributed by atoms with E-state index in [0.29, 0.717) is 6.04 Å². The fourth-order valence-electron chi connectivity index (χ4n) is 3.13. The van der Waals surface area contributed by atoms with Crippen LogP contribution in [0, 0.1) is 0 Å². The molecule has 2 N–H and O–H groups in total. The molecule has 5 heterocycles. The molecule has 0 fully saturated rings. The Kier molecular flexibility index (Phi) is 2.99. The first-order chi connectivity index (χ1) is 13.2. The minimum atomic E-state index is 0.418. The first-order valence-corrected chi connectivity index (χ1v) is 8.38. The summed E-state index contributed by atoms with van der Waals surface area (Å²) in [6.07, 6.45) is 9.59. The molecule has 124 valence electrons. The normalized spacial score (nSPS) is 13.0. The zero-order valence-corrected chi connectivity index (χ0v) is 14.0. The van der Waals surface area contributed by atoms with E-state index in [2.05, 4.69) is 26.5 Å². The second-order valence-electron chi connectivity index (χ2n) is 6.23. The standard InChI is InChI=1S/C22H16N4/c1-2-14-9-21-12-19-6-5-17(24-19)10-15-3-4-16(23-15)11-18-7-8-20(25-18)13-22(14)26-21/h2-13,24,26H,1H2/i9D. The first kappa shape index (κ1) is 13.6. The Morgan fingerprint density at radius 1 is 0.769 bits per heavy atom. The van der Waals surface area contributed by atoms with Gasteiger partial charge < -0.3 is 9.97 Å². The number of hydrogen-bond donors (Lipinski definition) is 2. The predicted octanol–water partition coefficient (Wildman–Crippen LogP) is 5.30. The molecule has 3 aromatic rings. The maximum absolute atomic E-state index is 8.46. The fraction of sp³-hybridized carbons (Fsp3) is 0. The van der Waals surface area contributed by atoms with Crippen LogP contribution in [0.2, 0.25) is 0 Å². The lowest BCUT2D eigenvalue weighted by Crippen LogP contribution is -1.77. The summed E-state index contributed by atoms with van der Waals surface area (Å²) in [5.41, 5.74) is 7.62. The van der Waals surface area contributed by atoms with Crippen molar-refractivity contribution in [3.05, 3.63) is 77.4 Å². The molecule has 0 aromatic carbocycles. The van der Waals surface area contributed by atoms with Crippen LogP contribution in [0.4, 0.5) is 0 Å². The lowest BCUT2D eigenvalue weighted by atomic mass is 10.2. The van der Waals surface area contributed by atoms with E-state index in [1.54, 1.807) is 6.08 Å². The zero-order chi connectivity index (χ0) is 18.4. The SMILES string of the molecule is [2H]c1c(C=C)c2cc3nc(cc4nc(cc5ccc(cc1[nH]2)[nH]5)C=C4)C=C3. The summed E-state index contributed by atoms with van der Waals surface area (Å²) in [5.74, 6) is 0. The van der Waals surface area contributed by atoms with E-state index in [4.69, 9.17) is 1.37 Å². The summed E-state index contributed by atoms with van der Waals surface area (Å²) in [7, 11) is 0. The molecule has 2 aliphatic heterocycles. The van der Waals surface area contributed by atoms with Gasteiger partial charge in [-0.2, -0.15) is 0 Å². The third-order valence-corrected chi connectivity index (χ3v) is 4.32. The summed E-state index contributed by atoms with van der Waals surface area (Å²) in [6.45, 7) is 3.86. The quantitative estimate of drug-likeness (QED) is 0.436. The van der Waals surface area contributed by atoms with Crippen LogP contribution in [-0.4, -0.2) is 19.9 Å². The smallest absolute Gasteiger partial charge is 0.0659 e. The van der Waals surface area contributed by atoms with Gasteiger partial charge in [-0.1, -0.05) is 12.7 Å². The molecule has 0 atom stereocenters. The van der Waals surface area contributed by atoms with Crippen molar-refractivity contribution in [1.29, 1.82) is 0 Å². The Labute approximate surface area is 151 Å². The second kappa shape index (κ2) is 5.70. The minimum Gasteiger partial charge on any atom is -0.355 e. The fourth-order valence-corrected chi connectivity index (χ4v) is 3.13. The van der Waals surface area contributed by atoms with Crippen LogP contribution < -0.4 is 0 Å². The third-order valence-electron chi connectivity index (χ3n) is 4.32. The van der Waals surface area contributed by atoms with Crippen molar-refractivity contribution in [1.82, 2.24) is 19.9 Å². The molecule has 2 aliphatic rings. The Balaban J connectivity index is 1.91. The van der Waals surface area contributed by atoms with Crippen LogP contribution in [-0.2, 0) is 0 Å². The lowest BCUT2D eigenvalue weighted by molar-refractivity contribution is 1.28. The molecule has 0 saturated heterocycles. The average Bonchev–Trinajstić information content (AvgIpc) is 3.41. The molecular weight excluding hydrogens is 320 g/mol. The van der Waals surface area contributed by atoms with Gasteiger partial charge in [0.25, 0.3) is 0 Å². The summed E-state index contributed by atoms with van der Waals surface area (Å²) in [6, 6.07) is 12.2. The molecule has 4 nitrogen and oxygen atoms in total. The Morgan fingerprint density at radius 3 is 2.08 bits per heavy atom. The monoisotopic (exact) mass is 337 g/mol. The Morgan fingerprint density at radius 2 is 1.38 bits per heavy atom. The number of aromatic nitrogens is 4. The summed E-state index contributed by atoms with van der Waals surface area (Å²) >= 11 is 0. The van der Waals surface area contributed by atoms with Gasteiger partial charge in [-0.15, -0.1) is 0 Å². The predicted molar refractivity (Wildman–Crippen MR) is 109 cm³/mol. The molecule has 5 rings (SSSR count). The number of aromatic amines is 2. The largest absolute Gasteiger partial charge is 0.355 e. The van der Waals surface area contributed by atoms with E-state index < -0.39 is 0 Å². The van der Waals surface area contributed by atoms with Crippen LogP contribution in [0.1, 0.15) is 29.7 Å². The van der Waals surface area contributed by atoms with Crippen molar-refractivity contribution in [3.63, 3.8) is 0 Å². The summed E-state index contributed by atoms with van der Waals surface area (Å²) in [4.78, 5) is 15.9. The van der Waals surface area contributed by atoms with Crippen molar-refractivity contribution in [2.24, 2.45) is 0 Å². The topological polar surface area (TPSA) is 57.4 Å². The van der Waals surface area contributed by atoms with Gasteiger partial charge in [0.05, 0.1) is 24.1 Å². The van der Waals surface area contributed by atoms with Gasteiger partial charge in [0, 0.05) is 22.1 Å². The number of rotatable bonds is 1. The van der Waals surface area contributed by atoms with E-state index in [9.17, 15) is 0 Å². The van der Waals surface area contributed by atoms with Crippen molar-refractivity contribution in [2.75, 3.05) is 0 Å². The lowest BCUT2D eigenvalue weighted by Gasteiger charge is -1.87. The molecule has 8 bridgehead atoms.